The molecule has 0 spiro atoms. The van der Waals surface area contributed by atoms with Crippen LogP contribution in [0.5, 0.6) is 0 Å². The normalized spacial score (nSPS) is 21.8. The van der Waals surface area contributed by atoms with Crippen molar-refractivity contribution in [3.05, 3.63) is 17.0 Å². The molecule has 1 aromatic rings. The number of hydrogen-bond donors (Lipinski definition) is 2. The lowest BCUT2D eigenvalue weighted by atomic mass is 10.0. The number of hydrogen-bond acceptors (Lipinski definition) is 5. The maximum absolute atomic E-state index is 13.0. The Hall–Kier alpha value is -1.44. The van der Waals surface area contributed by atoms with Crippen LogP contribution in [0.15, 0.2) is 0 Å². The first-order valence-electron chi connectivity index (χ1n) is 9.03. The maximum Gasteiger partial charge on any atom is 0.274 e. The van der Waals surface area contributed by atoms with Crippen LogP contribution in [0.2, 0.25) is 0 Å². The van der Waals surface area contributed by atoms with Crippen molar-refractivity contribution < 1.29 is 9.53 Å². The first-order chi connectivity index (χ1) is 11.7. The van der Waals surface area contributed by atoms with Crippen molar-refractivity contribution >= 4 is 5.91 Å². The second kappa shape index (κ2) is 8.09. The third kappa shape index (κ3) is 3.63. The first-order valence-corrected chi connectivity index (χ1v) is 9.03. The molecule has 1 unspecified atom stereocenters. The Balaban J connectivity index is 1.68. The van der Waals surface area contributed by atoms with E-state index >= 15 is 0 Å². The highest BCUT2D eigenvalue weighted by Crippen LogP contribution is 2.20. The Kier molecular flexibility index (Phi) is 5.86. The molecule has 2 aliphatic rings. The first kappa shape index (κ1) is 17.4. The number of carbonyl (C=O) groups excluding carboxylic acids is 1. The summed E-state index contributed by atoms with van der Waals surface area (Å²) in [6.45, 7) is 8.01. The molecule has 2 aliphatic heterocycles. The van der Waals surface area contributed by atoms with Crippen molar-refractivity contribution in [1.82, 2.24) is 25.3 Å². The van der Waals surface area contributed by atoms with Crippen LogP contribution in [0.1, 0.15) is 41.5 Å². The predicted octanol–water partition coefficient (Wildman–Crippen LogP) is 0.628. The van der Waals surface area contributed by atoms with Gasteiger partial charge in [0.15, 0.2) is 5.69 Å². The third-order valence-corrected chi connectivity index (χ3v) is 5.11. The molecule has 1 aromatic heterocycles. The Morgan fingerprint density at radius 2 is 2.29 bits per heavy atom. The van der Waals surface area contributed by atoms with Crippen molar-refractivity contribution in [2.45, 2.75) is 38.8 Å². The van der Waals surface area contributed by atoms with Gasteiger partial charge in [-0.1, -0.05) is 13.3 Å². The highest BCUT2D eigenvalue weighted by molar-refractivity contribution is 5.94. The molecule has 1 atom stereocenters. The summed E-state index contributed by atoms with van der Waals surface area (Å²) in [5.41, 5.74) is 2.78. The monoisotopic (exact) mass is 335 g/mol. The number of aromatic nitrogens is 2. The molecule has 0 aromatic carbocycles. The zero-order valence-corrected chi connectivity index (χ0v) is 14.8. The van der Waals surface area contributed by atoms with Crippen LogP contribution in [0.25, 0.3) is 0 Å². The Morgan fingerprint density at radius 1 is 1.42 bits per heavy atom. The molecule has 1 amide bonds. The van der Waals surface area contributed by atoms with Gasteiger partial charge in [-0.3, -0.25) is 14.8 Å². The van der Waals surface area contributed by atoms with Gasteiger partial charge in [0.05, 0.1) is 6.61 Å². The summed E-state index contributed by atoms with van der Waals surface area (Å²) in [5, 5.41) is 10.7. The molecule has 1 saturated heterocycles. The van der Waals surface area contributed by atoms with E-state index in [0.717, 1.165) is 76.4 Å². The van der Waals surface area contributed by atoms with Gasteiger partial charge in [0, 0.05) is 70.1 Å². The van der Waals surface area contributed by atoms with Gasteiger partial charge in [-0.25, -0.2) is 0 Å². The van der Waals surface area contributed by atoms with E-state index in [1.54, 1.807) is 7.11 Å². The molecule has 3 heterocycles. The van der Waals surface area contributed by atoms with Gasteiger partial charge >= 0.3 is 0 Å². The van der Waals surface area contributed by atoms with Crippen LogP contribution in [0.3, 0.4) is 0 Å². The molecular weight excluding hydrogens is 306 g/mol. The quantitative estimate of drug-likeness (QED) is 0.798. The molecule has 0 bridgehead atoms. The van der Waals surface area contributed by atoms with E-state index in [4.69, 9.17) is 4.74 Å². The van der Waals surface area contributed by atoms with Crippen molar-refractivity contribution in [2.75, 3.05) is 46.4 Å². The summed E-state index contributed by atoms with van der Waals surface area (Å²) in [4.78, 5) is 17.4. The minimum Gasteiger partial charge on any atom is -0.383 e. The van der Waals surface area contributed by atoms with Gasteiger partial charge in [-0.05, 0) is 6.42 Å². The summed E-state index contributed by atoms with van der Waals surface area (Å²) < 4.78 is 5.22. The highest BCUT2D eigenvalue weighted by Gasteiger charge is 2.32. The number of carbonyl (C=O) groups is 1. The van der Waals surface area contributed by atoms with Crippen molar-refractivity contribution in [3.63, 3.8) is 0 Å². The minimum absolute atomic E-state index is 0.0729. The number of piperazine rings is 1. The molecule has 134 valence electrons. The fraction of sp³-hybridized carbons (Fsp3) is 0.765. The van der Waals surface area contributed by atoms with Crippen LogP contribution < -0.4 is 5.32 Å². The molecule has 0 radical (unpaired) electrons. The van der Waals surface area contributed by atoms with Gasteiger partial charge in [-0.2, -0.15) is 5.10 Å². The Morgan fingerprint density at radius 3 is 3.08 bits per heavy atom. The van der Waals surface area contributed by atoms with E-state index in [9.17, 15) is 4.79 Å². The number of amides is 1. The highest BCUT2D eigenvalue weighted by atomic mass is 16.5. The summed E-state index contributed by atoms with van der Waals surface area (Å²) in [6, 6.07) is 0.413. The molecule has 3 rings (SSSR count). The second-order valence-electron chi connectivity index (χ2n) is 6.68. The number of ether oxygens (including phenoxy) is 1. The number of nitrogens with zero attached hydrogens (tertiary/aromatic N) is 3. The number of aromatic amines is 1. The smallest absolute Gasteiger partial charge is 0.274 e. The number of nitrogens with one attached hydrogen (secondary N) is 2. The van der Waals surface area contributed by atoms with Gasteiger partial charge < -0.3 is 15.0 Å². The fourth-order valence-electron chi connectivity index (χ4n) is 3.74. The van der Waals surface area contributed by atoms with Crippen LogP contribution in [-0.4, -0.2) is 78.4 Å². The number of fused-ring (bicyclic) bond motifs is 1. The molecule has 2 N–H and O–H groups in total. The average Bonchev–Trinajstić information content (AvgIpc) is 3.04. The van der Waals surface area contributed by atoms with E-state index in [-0.39, 0.29) is 5.91 Å². The van der Waals surface area contributed by atoms with Crippen molar-refractivity contribution in [3.8, 4) is 0 Å². The number of methoxy groups -OCH3 is 1. The predicted molar refractivity (Wildman–Crippen MR) is 92.0 cm³/mol. The molecule has 0 saturated carbocycles. The molecule has 1 fully saturated rings. The van der Waals surface area contributed by atoms with Crippen LogP contribution >= 0.6 is 0 Å². The van der Waals surface area contributed by atoms with Gasteiger partial charge in [0.25, 0.3) is 5.91 Å². The lowest BCUT2D eigenvalue weighted by Crippen LogP contribution is -2.55. The minimum atomic E-state index is 0.0729. The van der Waals surface area contributed by atoms with Gasteiger partial charge in [0.2, 0.25) is 0 Å². The SMILES string of the molecule is CCCC1CN(C(=O)c2n[nH]c3c2CNCC3)CCN1CCOC. The van der Waals surface area contributed by atoms with Crippen LogP contribution in [0.4, 0.5) is 0 Å². The second-order valence-corrected chi connectivity index (χ2v) is 6.68. The maximum atomic E-state index is 13.0. The molecule has 7 nitrogen and oxygen atoms in total. The number of H-pyrrole nitrogens is 1. The van der Waals surface area contributed by atoms with Crippen LogP contribution in [-0.2, 0) is 17.7 Å². The molecule has 0 aliphatic carbocycles. The standard InChI is InChI=1S/C17H29N5O2/c1-3-4-13-12-22(8-7-21(13)9-10-24-2)17(23)16-14-11-18-6-5-15(14)19-20-16/h13,18H,3-12H2,1-2H3,(H,19,20). The molecular formula is C17H29N5O2. The molecule has 7 heteroatoms. The van der Waals surface area contributed by atoms with E-state index in [0.29, 0.717) is 11.7 Å². The molecule has 24 heavy (non-hydrogen) atoms. The zero-order chi connectivity index (χ0) is 16.9. The van der Waals surface area contributed by atoms with Gasteiger partial charge in [-0.15, -0.1) is 0 Å². The number of rotatable bonds is 6. The summed E-state index contributed by atoms with van der Waals surface area (Å²) in [7, 11) is 1.74. The third-order valence-electron chi connectivity index (χ3n) is 5.11. The lowest BCUT2D eigenvalue weighted by Gasteiger charge is -2.41. The van der Waals surface area contributed by atoms with Crippen molar-refractivity contribution in [1.29, 1.82) is 0 Å². The Labute approximate surface area is 143 Å². The zero-order valence-electron chi connectivity index (χ0n) is 14.8. The van der Waals surface area contributed by atoms with E-state index < -0.39 is 0 Å². The van der Waals surface area contributed by atoms with Crippen LogP contribution in [0, 0.1) is 0 Å². The van der Waals surface area contributed by atoms with Crippen molar-refractivity contribution in [2.24, 2.45) is 0 Å². The van der Waals surface area contributed by atoms with E-state index in [2.05, 4.69) is 27.3 Å². The summed E-state index contributed by atoms with van der Waals surface area (Å²) in [5.74, 6) is 0.0729. The van der Waals surface area contributed by atoms with E-state index in [1.807, 2.05) is 4.90 Å². The fourth-order valence-corrected chi connectivity index (χ4v) is 3.74. The summed E-state index contributed by atoms with van der Waals surface area (Å²) in [6.07, 6.45) is 3.14. The summed E-state index contributed by atoms with van der Waals surface area (Å²) >= 11 is 0. The van der Waals surface area contributed by atoms with Gasteiger partial charge in [0.1, 0.15) is 0 Å². The average molecular weight is 335 g/mol. The largest absolute Gasteiger partial charge is 0.383 e. The topological polar surface area (TPSA) is 73.5 Å². The lowest BCUT2D eigenvalue weighted by molar-refractivity contribution is 0.0366. The Bertz CT molecular complexity index is 559. The van der Waals surface area contributed by atoms with E-state index in [1.165, 1.54) is 0 Å².